The largest absolute Gasteiger partial charge is 0.239 e. The monoisotopic (exact) mass is 177 g/mol. The summed E-state index contributed by atoms with van der Waals surface area (Å²) in [5, 5.41) is 0. The van der Waals surface area contributed by atoms with Crippen molar-refractivity contribution in [3.05, 3.63) is 53.7 Å². The zero-order valence-corrected chi connectivity index (χ0v) is 7.49. The SMILES string of the molecule is C(#Cc1cc2cc-2n1)c1ccccc1. The maximum absolute atomic E-state index is 4.29. The summed E-state index contributed by atoms with van der Waals surface area (Å²) in [6, 6.07) is 14.0. The minimum absolute atomic E-state index is 0.876. The molecule has 1 heteroatoms. The molecule has 0 aromatic heterocycles. The van der Waals surface area contributed by atoms with Crippen molar-refractivity contribution in [2.45, 2.75) is 0 Å². The molecule has 1 aromatic carbocycles. The van der Waals surface area contributed by atoms with Gasteiger partial charge in [-0.15, -0.1) is 0 Å². The molecule has 3 rings (SSSR count). The highest BCUT2D eigenvalue weighted by atomic mass is 14.8. The van der Waals surface area contributed by atoms with Gasteiger partial charge in [0, 0.05) is 11.1 Å². The summed E-state index contributed by atoms with van der Waals surface area (Å²) in [7, 11) is 0. The Morgan fingerprint density at radius 2 is 1.79 bits per heavy atom. The van der Waals surface area contributed by atoms with E-state index in [0.29, 0.717) is 0 Å². The van der Waals surface area contributed by atoms with Crippen molar-refractivity contribution in [2.75, 3.05) is 0 Å². The summed E-state index contributed by atoms with van der Waals surface area (Å²) in [6.07, 6.45) is 0. The zero-order chi connectivity index (χ0) is 9.38. The number of fused-ring (bicyclic) bond motifs is 1. The van der Waals surface area contributed by atoms with Crippen LogP contribution >= 0.6 is 0 Å². The lowest BCUT2D eigenvalue weighted by molar-refractivity contribution is 1.40. The van der Waals surface area contributed by atoms with Gasteiger partial charge in [0.2, 0.25) is 0 Å². The molecule has 0 fully saturated rings. The van der Waals surface area contributed by atoms with Gasteiger partial charge in [0.15, 0.2) is 0 Å². The fraction of sp³-hybridized carbons (Fsp3) is 0. The third kappa shape index (κ3) is 1.27. The summed E-state index contributed by atoms with van der Waals surface area (Å²) < 4.78 is 0. The van der Waals surface area contributed by atoms with Crippen LogP contribution in [0, 0.1) is 11.8 Å². The van der Waals surface area contributed by atoms with Crippen molar-refractivity contribution in [1.82, 2.24) is 4.98 Å². The van der Waals surface area contributed by atoms with Crippen molar-refractivity contribution >= 4 is 0 Å². The number of rotatable bonds is 0. The van der Waals surface area contributed by atoms with Crippen LogP contribution in [0.5, 0.6) is 0 Å². The first kappa shape index (κ1) is 7.34. The summed E-state index contributed by atoms with van der Waals surface area (Å²) in [5.41, 5.74) is 4.24. The maximum atomic E-state index is 4.29. The van der Waals surface area contributed by atoms with E-state index in [4.69, 9.17) is 0 Å². The summed E-state index contributed by atoms with van der Waals surface area (Å²) in [6.45, 7) is 0. The van der Waals surface area contributed by atoms with Crippen LogP contribution in [-0.4, -0.2) is 4.98 Å². The Kier molecular flexibility index (Phi) is 1.42. The number of hydrogen-bond acceptors (Lipinski definition) is 1. The smallest absolute Gasteiger partial charge is 0.114 e. The van der Waals surface area contributed by atoms with Crippen molar-refractivity contribution in [2.24, 2.45) is 0 Å². The molecule has 0 atom stereocenters. The third-order valence-corrected chi connectivity index (χ3v) is 2.15. The molecule has 1 aliphatic carbocycles. The molecule has 0 radical (unpaired) electrons. The van der Waals surface area contributed by atoms with Crippen molar-refractivity contribution < 1.29 is 0 Å². The maximum Gasteiger partial charge on any atom is 0.114 e. The number of nitrogens with zero attached hydrogens (tertiary/aromatic N) is 1. The molecule has 1 heterocycles. The predicted molar refractivity (Wildman–Crippen MR) is 55.7 cm³/mol. The van der Waals surface area contributed by atoms with Crippen LogP contribution in [0.15, 0.2) is 42.5 Å². The molecule has 64 valence electrons. The average molecular weight is 177 g/mol. The minimum Gasteiger partial charge on any atom is -0.239 e. The lowest BCUT2D eigenvalue weighted by Gasteiger charge is -1.85. The number of hydrogen-bond donors (Lipinski definition) is 0. The van der Waals surface area contributed by atoms with Gasteiger partial charge in [0.25, 0.3) is 0 Å². The van der Waals surface area contributed by atoms with Gasteiger partial charge in [0.1, 0.15) is 5.69 Å². The highest BCUT2D eigenvalue weighted by Crippen LogP contribution is 2.31. The van der Waals surface area contributed by atoms with Gasteiger partial charge in [-0.25, -0.2) is 4.98 Å². The molecule has 1 aromatic rings. The van der Waals surface area contributed by atoms with E-state index in [9.17, 15) is 0 Å². The van der Waals surface area contributed by atoms with Gasteiger partial charge in [0.05, 0.1) is 5.69 Å². The van der Waals surface area contributed by atoms with E-state index >= 15 is 0 Å². The average Bonchev–Trinajstić information content (AvgIpc) is 2.85. The molecule has 0 unspecified atom stereocenters. The van der Waals surface area contributed by atoms with E-state index in [1.54, 1.807) is 0 Å². The lowest BCUT2D eigenvalue weighted by atomic mass is 10.2. The zero-order valence-electron chi connectivity index (χ0n) is 7.49. The van der Waals surface area contributed by atoms with E-state index in [1.165, 1.54) is 5.56 Å². The molecule has 0 saturated heterocycles. The second-order valence-electron chi connectivity index (χ2n) is 3.24. The molecule has 0 saturated carbocycles. The Morgan fingerprint density at radius 3 is 2.50 bits per heavy atom. The summed E-state index contributed by atoms with van der Waals surface area (Å²) in [4.78, 5) is 4.29. The van der Waals surface area contributed by atoms with Crippen LogP contribution in [0.1, 0.15) is 11.3 Å². The van der Waals surface area contributed by atoms with E-state index in [0.717, 1.165) is 17.0 Å². The minimum atomic E-state index is 0.876. The van der Waals surface area contributed by atoms with E-state index in [-0.39, 0.29) is 0 Å². The molecular formula is C13H7N. The Morgan fingerprint density at radius 1 is 0.929 bits per heavy atom. The quantitative estimate of drug-likeness (QED) is 0.481. The number of aromatic nitrogens is 1. The number of benzene rings is 1. The molecule has 1 nitrogen and oxygen atoms in total. The molecule has 14 heavy (non-hydrogen) atoms. The van der Waals surface area contributed by atoms with E-state index in [1.807, 2.05) is 42.5 Å². The molecule has 0 amide bonds. The van der Waals surface area contributed by atoms with Crippen LogP contribution in [0.2, 0.25) is 0 Å². The summed E-state index contributed by atoms with van der Waals surface area (Å²) in [5.74, 6) is 6.12. The topological polar surface area (TPSA) is 12.9 Å². The highest BCUT2D eigenvalue weighted by molar-refractivity contribution is 5.78. The van der Waals surface area contributed by atoms with Crippen LogP contribution in [-0.2, 0) is 0 Å². The standard InChI is InChI=1S/C13H7N/c1-2-4-10(5-3-1)6-7-12-8-11-9-13(11)14-12/h1-5,8-9H. The predicted octanol–water partition coefficient (Wildman–Crippen LogP) is 2.46. The Bertz CT molecular complexity index is 518. The van der Waals surface area contributed by atoms with Crippen molar-refractivity contribution in [3.8, 4) is 23.1 Å². The van der Waals surface area contributed by atoms with Gasteiger partial charge in [-0.3, -0.25) is 0 Å². The first-order valence-corrected chi connectivity index (χ1v) is 4.51. The lowest BCUT2D eigenvalue weighted by Crippen LogP contribution is -1.74. The number of pyridine rings is 1. The van der Waals surface area contributed by atoms with Gasteiger partial charge in [-0.05, 0) is 30.2 Å². The Hall–Kier alpha value is -2.07. The van der Waals surface area contributed by atoms with Crippen LogP contribution in [0.25, 0.3) is 11.3 Å². The molecule has 0 spiro atoms. The third-order valence-electron chi connectivity index (χ3n) is 2.15. The van der Waals surface area contributed by atoms with Crippen LogP contribution < -0.4 is 0 Å². The van der Waals surface area contributed by atoms with Crippen LogP contribution in [0.4, 0.5) is 0 Å². The van der Waals surface area contributed by atoms with Gasteiger partial charge in [-0.1, -0.05) is 24.1 Å². The second kappa shape index (κ2) is 2.71. The molecule has 2 aliphatic rings. The van der Waals surface area contributed by atoms with Gasteiger partial charge >= 0.3 is 0 Å². The fourth-order valence-corrected chi connectivity index (χ4v) is 1.35. The fourth-order valence-electron chi connectivity index (χ4n) is 1.35. The highest BCUT2D eigenvalue weighted by Gasteiger charge is 2.14. The van der Waals surface area contributed by atoms with Crippen molar-refractivity contribution in [3.63, 3.8) is 0 Å². The summed E-state index contributed by atoms with van der Waals surface area (Å²) >= 11 is 0. The normalized spacial score (nSPS) is 10.3. The van der Waals surface area contributed by atoms with E-state index in [2.05, 4.69) is 16.8 Å². The Balaban J connectivity index is 1.90. The molecule has 0 N–H and O–H groups in total. The molecule has 0 bridgehead atoms. The van der Waals surface area contributed by atoms with E-state index < -0.39 is 0 Å². The second-order valence-corrected chi connectivity index (χ2v) is 3.24. The van der Waals surface area contributed by atoms with Crippen molar-refractivity contribution in [1.29, 1.82) is 0 Å². The first-order valence-electron chi connectivity index (χ1n) is 4.51. The first-order chi connectivity index (χ1) is 6.92. The van der Waals surface area contributed by atoms with Gasteiger partial charge < -0.3 is 0 Å². The van der Waals surface area contributed by atoms with Crippen LogP contribution in [0.3, 0.4) is 0 Å². The van der Waals surface area contributed by atoms with Gasteiger partial charge in [-0.2, -0.15) is 0 Å². The molecular weight excluding hydrogens is 170 g/mol. The Labute approximate surface area is 82.4 Å². The molecule has 1 aliphatic heterocycles.